The number of carbonyl (C=O) groups excluding carboxylic acids is 2. The second-order valence-corrected chi connectivity index (χ2v) is 8.64. The number of aryl methyl sites for hydroxylation is 2. The molecule has 1 heterocycles. The van der Waals surface area contributed by atoms with E-state index >= 15 is 0 Å². The average Bonchev–Trinajstić information content (AvgIpc) is 3.12. The average molecular weight is 474 g/mol. The quantitative estimate of drug-likeness (QED) is 0.421. The Bertz CT molecular complexity index is 1140. The predicted octanol–water partition coefficient (Wildman–Crippen LogP) is 5.75. The fourth-order valence-electron chi connectivity index (χ4n) is 3.40. The van der Waals surface area contributed by atoms with Gasteiger partial charge in [-0.3, -0.25) is 4.79 Å². The van der Waals surface area contributed by atoms with Crippen LogP contribution in [0, 0.1) is 6.92 Å². The minimum Gasteiger partial charge on any atom is -0.493 e. The van der Waals surface area contributed by atoms with Crippen LogP contribution in [0.5, 0.6) is 11.5 Å². The van der Waals surface area contributed by atoms with Gasteiger partial charge in [0.05, 0.1) is 21.3 Å². The Morgan fingerprint density at radius 3 is 2.44 bits per heavy atom. The normalized spacial score (nSPS) is 10.5. The molecule has 0 saturated heterocycles. The number of halogens is 1. The van der Waals surface area contributed by atoms with Gasteiger partial charge in [0.2, 0.25) is 5.91 Å². The highest BCUT2D eigenvalue weighted by Crippen LogP contribution is 2.41. The van der Waals surface area contributed by atoms with Gasteiger partial charge in [-0.1, -0.05) is 29.8 Å². The topological polar surface area (TPSA) is 73.9 Å². The monoisotopic (exact) mass is 473 g/mol. The number of methoxy groups -OCH3 is 3. The van der Waals surface area contributed by atoms with E-state index < -0.39 is 5.97 Å². The molecule has 6 nitrogen and oxygen atoms in total. The minimum absolute atomic E-state index is 0.205. The van der Waals surface area contributed by atoms with Crippen LogP contribution in [0.15, 0.2) is 42.5 Å². The summed E-state index contributed by atoms with van der Waals surface area (Å²) in [7, 11) is 4.46. The van der Waals surface area contributed by atoms with Crippen molar-refractivity contribution < 1.29 is 23.8 Å². The first-order chi connectivity index (χ1) is 15.4. The van der Waals surface area contributed by atoms with E-state index in [1.165, 1.54) is 18.4 Å². The summed E-state index contributed by atoms with van der Waals surface area (Å²) in [5, 5.41) is 3.90. The summed E-state index contributed by atoms with van der Waals surface area (Å²) >= 11 is 7.48. The molecule has 168 valence electrons. The van der Waals surface area contributed by atoms with Gasteiger partial charge in [-0.2, -0.15) is 0 Å². The summed E-state index contributed by atoms with van der Waals surface area (Å²) in [5.74, 6) is 0.521. The van der Waals surface area contributed by atoms with Crippen molar-refractivity contribution in [1.29, 1.82) is 0 Å². The Hall–Kier alpha value is -3.03. The minimum atomic E-state index is -0.514. The van der Waals surface area contributed by atoms with Gasteiger partial charge in [0, 0.05) is 21.9 Å². The largest absolute Gasteiger partial charge is 0.493 e. The molecule has 0 aliphatic rings. The number of nitrogens with one attached hydrogen (secondary N) is 1. The molecule has 0 spiro atoms. The van der Waals surface area contributed by atoms with Crippen molar-refractivity contribution in [2.75, 3.05) is 26.6 Å². The first-order valence-electron chi connectivity index (χ1n) is 9.86. The fourth-order valence-corrected chi connectivity index (χ4v) is 4.68. The number of hydrogen-bond donors (Lipinski definition) is 1. The van der Waals surface area contributed by atoms with Crippen molar-refractivity contribution in [3.05, 3.63) is 63.5 Å². The third kappa shape index (κ3) is 5.23. The van der Waals surface area contributed by atoms with Gasteiger partial charge >= 0.3 is 5.97 Å². The Labute approximate surface area is 196 Å². The molecule has 0 aliphatic heterocycles. The van der Waals surface area contributed by atoms with E-state index in [-0.39, 0.29) is 12.3 Å². The van der Waals surface area contributed by atoms with Crippen LogP contribution in [0.25, 0.3) is 11.1 Å². The predicted molar refractivity (Wildman–Crippen MR) is 127 cm³/mol. The number of esters is 1. The standard InChI is InChI=1S/C24H24ClNO5S/c1-14-21(16-6-5-7-17(25)13-16)22(24(28)31-4)23(32-14)26-20(27)11-9-15-8-10-18(29-2)19(12-15)30-3/h5-8,10,12-13H,9,11H2,1-4H3,(H,26,27). The molecule has 3 rings (SSSR count). The number of benzene rings is 2. The molecule has 1 aromatic heterocycles. The Kier molecular flexibility index (Phi) is 7.77. The van der Waals surface area contributed by atoms with Gasteiger partial charge in [0.15, 0.2) is 11.5 Å². The molecular formula is C24H24ClNO5S. The van der Waals surface area contributed by atoms with Gasteiger partial charge < -0.3 is 19.5 Å². The van der Waals surface area contributed by atoms with Gasteiger partial charge in [-0.05, 0) is 48.7 Å². The highest BCUT2D eigenvalue weighted by Gasteiger charge is 2.25. The Balaban J connectivity index is 1.82. The molecule has 0 bridgehead atoms. The number of anilines is 1. The maximum atomic E-state index is 12.7. The van der Waals surface area contributed by atoms with Crippen LogP contribution in [-0.2, 0) is 16.0 Å². The third-order valence-electron chi connectivity index (χ3n) is 4.93. The molecule has 0 fully saturated rings. The van der Waals surface area contributed by atoms with Crippen LogP contribution in [0.2, 0.25) is 5.02 Å². The van der Waals surface area contributed by atoms with Crippen molar-refractivity contribution in [2.45, 2.75) is 19.8 Å². The Morgan fingerprint density at radius 2 is 1.78 bits per heavy atom. The molecule has 0 radical (unpaired) electrons. The zero-order valence-electron chi connectivity index (χ0n) is 18.3. The zero-order chi connectivity index (χ0) is 23.3. The van der Waals surface area contributed by atoms with Crippen molar-refractivity contribution in [1.82, 2.24) is 0 Å². The van der Waals surface area contributed by atoms with Crippen molar-refractivity contribution in [3.8, 4) is 22.6 Å². The molecule has 0 aliphatic carbocycles. The maximum absolute atomic E-state index is 12.7. The molecule has 3 aromatic rings. The van der Waals surface area contributed by atoms with Gasteiger partial charge in [-0.15, -0.1) is 11.3 Å². The van der Waals surface area contributed by atoms with Gasteiger partial charge in [0.25, 0.3) is 0 Å². The smallest absolute Gasteiger partial charge is 0.341 e. The van der Waals surface area contributed by atoms with E-state index in [9.17, 15) is 9.59 Å². The molecular weight excluding hydrogens is 450 g/mol. The maximum Gasteiger partial charge on any atom is 0.341 e. The molecule has 0 unspecified atom stereocenters. The van der Waals surface area contributed by atoms with Crippen LogP contribution in [0.1, 0.15) is 27.2 Å². The molecule has 32 heavy (non-hydrogen) atoms. The van der Waals surface area contributed by atoms with Crippen molar-refractivity contribution in [2.24, 2.45) is 0 Å². The second-order valence-electron chi connectivity index (χ2n) is 6.98. The molecule has 2 aromatic carbocycles. The van der Waals surface area contributed by atoms with E-state index in [1.807, 2.05) is 31.2 Å². The van der Waals surface area contributed by atoms with E-state index in [0.717, 1.165) is 16.0 Å². The number of amides is 1. The van der Waals surface area contributed by atoms with Gasteiger partial charge in [0.1, 0.15) is 10.6 Å². The van der Waals surface area contributed by atoms with Crippen LogP contribution in [-0.4, -0.2) is 33.2 Å². The molecule has 0 atom stereocenters. The van der Waals surface area contributed by atoms with Crippen molar-refractivity contribution in [3.63, 3.8) is 0 Å². The van der Waals surface area contributed by atoms with E-state index in [1.54, 1.807) is 32.4 Å². The molecule has 1 amide bonds. The summed E-state index contributed by atoms with van der Waals surface area (Å²) in [6.45, 7) is 1.90. The summed E-state index contributed by atoms with van der Waals surface area (Å²) in [6, 6.07) is 12.8. The number of rotatable bonds is 8. The lowest BCUT2D eigenvalue weighted by Crippen LogP contribution is -2.14. The SMILES string of the molecule is COC(=O)c1c(NC(=O)CCc2ccc(OC)c(OC)c2)sc(C)c1-c1cccc(Cl)c1. The molecule has 0 saturated carbocycles. The highest BCUT2D eigenvalue weighted by atomic mass is 35.5. The van der Waals surface area contributed by atoms with E-state index in [4.69, 9.17) is 25.8 Å². The van der Waals surface area contributed by atoms with Crippen LogP contribution >= 0.6 is 22.9 Å². The number of hydrogen-bond acceptors (Lipinski definition) is 6. The molecule has 1 N–H and O–H groups in total. The lowest BCUT2D eigenvalue weighted by molar-refractivity contribution is -0.116. The second kappa shape index (κ2) is 10.5. The number of thiophene rings is 1. The van der Waals surface area contributed by atoms with Gasteiger partial charge in [-0.25, -0.2) is 4.79 Å². The van der Waals surface area contributed by atoms with Crippen LogP contribution in [0.4, 0.5) is 5.00 Å². The summed E-state index contributed by atoms with van der Waals surface area (Å²) in [5.41, 5.74) is 2.77. The lowest BCUT2D eigenvalue weighted by Gasteiger charge is -2.10. The fraction of sp³-hybridized carbons (Fsp3) is 0.250. The van der Waals surface area contributed by atoms with E-state index in [2.05, 4.69) is 5.32 Å². The highest BCUT2D eigenvalue weighted by molar-refractivity contribution is 7.17. The summed E-state index contributed by atoms with van der Waals surface area (Å²) in [6.07, 6.45) is 0.741. The number of ether oxygens (including phenoxy) is 3. The van der Waals surface area contributed by atoms with Crippen molar-refractivity contribution >= 4 is 39.8 Å². The summed E-state index contributed by atoms with van der Waals surface area (Å²) < 4.78 is 15.6. The van der Waals surface area contributed by atoms with Crippen LogP contribution < -0.4 is 14.8 Å². The van der Waals surface area contributed by atoms with E-state index in [0.29, 0.717) is 39.1 Å². The lowest BCUT2D eigenvalue weighted by atomic mass is 10.0. The zero-order valence-corrected chi connectivity index (χ0v) is 19.9. The molecule has 8 heteroatoms. The first-order valence-corrected chi connectivity index (χ1v) is 11.1. The summed E-state index contributed by atoms with van der Waals surface area (Å²) in [4.78, 5) is 26.2. The van der Waals surface area contributed by atoms with Crippen LogP contribution in [0.3, 0.4) is 0 Å². The first kappa shape index (κ1) is 23.6. The number of carbonyl (C=O) groups is 2. The Morgan fingerprint density at radius 1 is 1.03 bits per heavy atom. The third-order valence-corrected chi connectivity index (χ3v) is 6.18.